The van der Waals surface area contributed by atoms with Crippen LogP contribution in [0.3, 0.4) is 0 Å². The number of alkyl halides is 3. The van der Waals surface area contributed by atoms with Gasteiger partial charge in [-0.3, -0.25) is 24.4 Å². The summed E-state index contributed by atoms with van der Waals surface area (Å²) in [7, 11) is 0. The van der Waals surface area contributed by atoms with Gasteiger partial charge >= 0.3 is 12.1 Å². The Morgan fingerprint density at radius 2 is 1.50 bits per heavy atom. The number of hydrogen-bond acceptors (Lipinski definition) is 5. The number of fused-ring (bicyclic) bond motifs is 2. The zero-order valence-electron chi connectivity index (χ0n) is 14.7. The molecule has 0 fully saturated rings. The molecule has 1 aromatic carbocycles. The summed E-state index contributed by atoms with van der Waals surface area (Å²) >= 11 is 3.24. The summed E-state index contributed by atoms with van der Waals surface area (Å²) in [6.07, 6.45) is -2.46. The SMILES string of the molecule is O=C1c2nccc(Br)c2C(=O)c2c(-c3ccccc3NC(=O)C(F)(F)F)ccnc21. The van der Waals surface area contributed by atoms with Gasteiger partial charge in [0.2, 0.25) is 5.78 Å². The van der Waals surface area contributed by atoms with Crippen LogP contribution in [0.25, 0.3) is 11.1 Å². The summed E-state index contributed by atoms with van der Waals surface area (Å²) in [4.78, 5) is 45.5. The lowest BCUT2D eigenvalue weighted by atomic mass is 9.85. The molecule has 0 saturated carbocycles. The van der Waals surface area contributed by atoms with Crippen molar-refractivity contribution in [3.05, 3.63) is 75.8 Å². The highest BCUT2D eigenvalue weighted by Crippen LogP contribution is 2.38. The fourth-order valence-electron chi connectivity index (χ4n) is 3.17. The molecule has 0 bridgehead atoms. The van der Waals surface area contributed by atoms with Gasteiger partial charge in [-0.05, 0) is 39.7 Å². The van der Waals surface area contributed by atoms with Crippen molar-refractivity contribution in [3.63, 3.8) is 0 Å². The van der Waals surface area contributed by atoms with Crippen LogP contribution in [0, 0.1) is 0 Å². The van der Waals surface area contributed by atoms with Crippen molar-refractivity contribution in [2.75, 3.05) is 5.32 Å². The molecule has 0 unspecified atom stereocenters. The molecule has 3 aromatic rings. The van der Waals surface area contributed by atoms with Crippen LogP contribution in [0.1, 0.15) is 32.1 Å². The third-order valence-electron chi connectivity index (χ3n) is 4.46. The number of hydrogen-bond donors (Lipinski definition) is 1. The Morgan fingerprint density at radius 1 is 0.867 bits per heavy atom. The highest BCUT2D eigenvalue weighted by atomic mass is 79.9. The van der Waals surface area contributed by atoms with E-state index < -0.39 is 23.6 Å². The van der Waals surface area contributed by atoms with Gasteiger partial charge in [0.15, 0.2) is 5.78 Å². The second-order valence-electron chi connectivity index (χ2n) is 6.25. The van der Waals surface area contributed by atoms with Crippen molar-refractivity contribution < 1.29 is 27.6 Å². The van der Waals surface area contributed by atoms with Gasteiger partial charge in [-0.15, -0.1) is 0 Å². The maximum Gasteiger partial charge on any atom is 0.471 e. The summed E-state index contributed by atoms with van der Waals surface area (Å²) in [5.74, 6) is -3.29. The quantitative estimate of drug-likeness (QED) is 0.469. The fourth-order valence-corrected chi connectivity index (χ4v) is 3.66. The molecule has 0 saturated heterocycles. The van der Waals surface area contributed by atoms with E-state index in [0.29, 0.717) is 4.47 Å². The number of aromatic nitrogens is 2. The molecule has 0 aliphatic heterocycles. The molecule has 1 aliphatic rings. The van der Waals surface area contributed by atoms with E-state index in [-0.39, 0.29) is 39.3 Å². The third-order valence-corrected chi connectivity index (χ3v) is 5.12. The topological polar surface area (TPSA) is 89.0 Å². The summed E-state index contributed by atoms with van der Waals surface area (Å²) in [6.45, 7) is 0. The monoisotopic (exact) mass is 475 g/mol. The zero-order valence-corrected chi connectivity index (χ0v) is 16.3. The van der Waals surface area contributed by atoms with E-state index in [2.05, 4.69) is 25.9 Å². The minimum atomic E-state index is -5.09. The van der Waals surface area contributed by atoms with Crippen molar-refractivity contribution in [1.82, 2.24) is 9.97 Å². The Kier molecular flexibility index (Phi) is 4.73. The zero-order chi connectivity index (χ0) is 21.6. The van der Waals surface area contributed by atoms with Crippen molar-refractivity contribution in [3.8, 4) is 11.1 Å². The first kappa shape index (κ1) is 19.9. The highest BCUT2D eigenvalue weighted by Gasteiger charge is 2.40. The molecule has 2 aromatic heterocycles. The van der Waals surface area contributed by atoms with E-state index in [0.717, 1.165) is 0 Å². The van der Waals surface area contributed by atoms with Gasteiger partial charge in [0.05, 0.1) is 11.1 Å². The number of pyridine rings is 2. The Morgan fingerprint density at radius 3 is 2.20 bits per heavy atom. The van der Waals surface area contributed by atoms with Gasteiger partial charge < -0.3 is 5.32 Å². The van der Waals surface area contributed by atoms with Crippen LogP contribution < -0.4 is 5.32 Å². The summed E-state index contributed by atoms with van der Waals surface area (Å²) in [5.41, 5.74) is -0.114. The summed E-state index contributed by atoms with van der Waals surface area (Å²) in [6, 6.07) is 8.58. The first-order valence-electron chi connectivity index (χ1n) is 8.40. The number of amides is 1. The third kappa shape index (κ3) is 3.18. The van der Waals surface area contributed by atoms with E-state index >= 15 is 0 Å². The Bertz CT molecular complexity index is 1240. The Hall–Kier alpha value is -3.40. The highest BCUT2D eigenvalue weighted by molar-refractivity contribution is 9.10. The van der Waals surface area contributed by atoms with Crippen molar-refractivity contribution in [2.45, 2.75) is 6.18 Å². The minimum Gasteiger partial charge on any atom is -0.318 e. The van der Waals surface area contributed by atoms with E-state index in [1.807, 2.05) is 5.32 Å². The van der Waals surface area contributed by atoms with E-state index in [4.69, 9.17) is 0 Å². The molecule has 1 amide bonds. The smallest absolute Gasteiger partial charge is 0.318 e. The first-order valence-corrected chi connectivity index (χ1v) is 9.20. The van der Waals surface area contributed by atoms with Crippen LogP contribution in [0.5, 0.6) is 0 Å². The fraction of sp³-hybridized carbons (Fsp3) is 0.0500. The predicted molar refractivity (Wildman–Crippen MR) is 103 cm³/mol. The second-order valence-corrected chi connectivity index (χ2v) is 7.11. The maximum atomic E-state index is 13.2. The number of para-hydroxylation sites is 1. The van der Waals surface area contributed by atoms with Crippen LogP contribution in [0.4, 0.5) is 18.9 Å². The molecule has 1 N–H and O–H groups in total. The number of nitrogens with one attached hydrogen (secondary N) is 1. The molecular formula is C20H9BrF3N3O3. The van der Waals surface area contributed by atoms with Gasteiger partial charge in [-0.25, -0.2) is 0 Å². The number of carbonyl (C=O) groups excluding carboxylic acids is 3. The van der Waals surface area contributed by atoms with Gasteiger partial charge in [0.25, 0.3) is 0 Å². The predicted octanol–water partition coefficient (Wildman–Crippen LogP) is 4.18. The lowest BCUT2D eigenvalue weighted by Gasteiger charge is -2.21. The number of ketones is 2. The van der Waals surface area contributed by atoms with E-state index in [9.17, 15) is 27.6 Å². The molecule has 10 heteroatoms. The number of halogens is 4. The largest absolute Gasteiger partial charge is 0.471 e. The van der Waals surface area contributed by atoms with Crippen LogP contribution >= 0.6 is 15.9 Å². The molecule has 4 rings (SSSR count). The molecule has 150 valence electrons. The minimum absolute atomic E-state index is 0.0426. The van der Waals surface area contributed by atoms with E-state index in [1.54, 1.807) is 0 Å². The van der Waals surface area contributed by atoms with Crippen molar-refractivity contribution >= 4 is 39.1 Å². The number of carbonyl (C=O) groups is 3. The van der Waals surface area contributed by atoms with Gasteiger partial charge in [0.1, 0.15) is 11.4 Å². The standard InChI is InChI=1S/C20H9BrF3N3O3/c21-11-6-8-26-16-14(11)17(28)13-10(5-7-25-15(13)18(16)29)9-3-1-2-4-12(9)27-19(30)20(22,23)24/h1-8H,(H,27,30). The van der Waals surface area contributed by atoms with E-state index in [1.165, 1.54) is 48.8 Å². The lowest BCUT2D eigenvalue weighted by molar-refractivity contribution is -0.167. The second kappa shape index (κ2) is 7.13. The van der Waals surface area contributed by atoms with Crippen LogP contribution in [0.2, 0.25) is 0 Å². The average molecular weight is 476 g/mol. The van der Waals surface area contributed by atoms with Crippen LogP contribution in [-0.4, -0.2) is 33.6 Å². The number of benzene rings is 1. The Labute approximate surface area is 175 Å². The Balaban J connectivity index is 1.91. The van der Waals surface area contributed by atoms with Crippen LogP contribution in [-0.2, 0) is 4.79 Å². The summed E-state index contributed by atoms with van der Waals surface area (Å²) < 4.78 is 38.5. The first-order chi connectivity index (χ1) is 14.2. The molecule has 0 radical (unpaired) electrons. The number of nitrogens with zero attached hydrogens (tertiary/aromatic N) is 2. The molecule has 1 aliphatic carbocycles. The van der Waals surface area contributed by atoms with Gasteiger partial charge in [-0.2, -0.15) is 13.2 Å². The number of anilines is 1. The molecule has 0 atom stereocenters. The van der Waals surface area contributed by atoms with Crippen molar-refractivity contribution in [2.24, 2.45) is 0 Å². The average Bonchev–Trinajstić information content (AvgIpc) is 2.71. The molecule has 6 nitrogen and oxygen atoms in total. The maximum absolute atomic E-state index is 13.2. The molecule has 30 heavy (non-hydrogen) atoms. The number of rotatable bonds is 2. The molecule has 0 spiro atoms. The van der Waals surface area contributed by atoms with Gasteiger partial charge in [-0.1, -0.05) is 18.2 Å². The normalized spacial score (nSPS) is 12.9. The summed E-state index contributed by atoms with van der Waals surface area (Å²) in [5, 5.41) is 1.81. The van der Waals surface area contributed by atoms with Crippen molar-refractivity contribution in [1.29, 1.82) is 0 Å². The van der Waals surface area contributed by atoms with Gasteiger partial charge in [0, 0.05) is 28.1 Å². The lowest BCUT2D eigenvalue weighted by Crippen LogP contribution is -2.30. The molecule has 2 heterocycles. The van der Waals surface area contributed by atoms with Crippen LogP contribution in [0.15, 0.2) is 53.3 Å². The molecular weight excluding hydrogens is 467 g/mol.